The zero-order valence-electron chi connectivity index (χ0n) is 6.41. The van der Waals surface area contributed by atoms with Crippen LogP contribution in [0.1, 0.15) is 0 Å². The third-order valence-corrected chi connectivity index (χ3v) is 1.20. The summed E-state index contributed by atoms with van der Waals surface area (Å²) in [6.45, 7) is 0. The zero-order chi connectivity index (χ0) is 9.68. The summed E-state index contributed by atoms with van der Waals surface area (Å²) in [6, 6.07) is 2.64. The predicted octanol–water partition coefficient (Wildman–Crippen LogP) is 0.628. The van der Waals surface area contributed by atoms with Crippen molar-refractivity contribution in [3.63, 3.8) is 0 Å². The van der Waals surface area contributed by atoms with Gasteiger partial charge in [0.15, 0.2) is 5.82 Å². The molecular weight excluding hydrogens is 176 g/mol. The maximum Gasteiger partial charge on any atom is 0.287 e. The average molecular weight is 182 g/mol. The van der Waals surface area contributed by atoms with E-state index in [1.165, 1.54) is 12.1 Å². The lowest BCUT2D eigenvalue weighted by Crippen LogP contribution is -2.01. The minimum Gasteiger partial charge on any atom is -0.290 e. The fourth-order valence-corrected chi connectivity index (χ4v) is 0.658. The Hall–Kier alpha value is -2.02. The zero-order valence-corrected chi connectivity index (χ0v) is 6.41. The molecule has 0 aliphatic rings. The molecule has 0 amide bonds. The first-order valence-corrected chi connectivity index (χ1v) is 3.26. The monoisotopic (exact) mass is 182 g/mol. The second kappa shape index (κ2) is 4.12. The highest BCUT2D eigenvalue weighted by Gasteiger charge is 2.03. The second-order valence-corrected chi connectivity index (χ2v) is 2.02. The number of hydrogen-bond acceptors (Lipinski definition) is 5. The smallest absolute Gasteiger partial charge is 0.287 e. The van der Waals surface area contributed by atoms with Crippen molar-refractivity contribution in [1.82, 2.24) is 10.5 Å². The van der Waals surface area contributed by atoms with Crippen molar-refractivity contribution in [3.05, 3.63) is 28.4 Å². The van der Waals surface area contributed by atoms with E-state index in [1.54, 1.807) is 5.48 Å². The molecule has 7 nitrogen and oxygen atoms in total. The highest BCUT2D eigenvalue weighted by atomic mass is 16.6. The molecule has 1 aromatic heterocycles. The Balaban J connectivity index is 2.81. The molecule has 1 rings (SSSR count). The fraction of sp³-hybridized carbons (Fsp3) is 0. The molecule has 1 aromatic rings. The lowest BCUT2D eigenvalue weighted by atomic mass is 10.4. The van der Waals surface area contributed by atoms with Gasteiger partial charge in [-0.2, -0.15) is 0 Å². The quantitative estimate of drug-likeness (QED) is 0.309. The molecule has 68 valence electrons. The number of pyridine rings is 1. The predicted molar refractivity (Wildman–Crippen MR) is 44.0 cm³/mol. The van der Waals surface area contributed by atoms with Gasteiger partial charge in [0.05, 0.1) is 4.92 Å². The Kier molecular flexibility index (Phi) is 2.87. The van der Waals surface area contributed by atoms with Crippen molar-refractivity contribution < 1.29 is 10.1 Å². The van der Waals surface area contributed by atoms with Crippen LogP contribution in [0.4, 0.5) is 11.5 Å². The molecule has 0 fully saturated rings. The van der Waals surface area contributed by atoms with Crippen molar-refractivity contribution in [2.75, 3.05) is 0 Å². The van der Waals surface area contributed by atoms with Crippen LogP contribution >= 0.6 is 0 Å². The molecule has 0 radical (unpaired) electrons. The van der Waals surface area contributed by atoms with Crippen molar-refractivity contribution in [2.24, 2.45) is 4.99 Å². The Morgan fingerprint density at radius 3 is 2.92 bits per heavy atom. The van der Waals surface area contributed by atoms with Gasteiger partial charge in [0.25, 0.3) is 5.69 Å². The van der Waals surface area contributed by atoms with Crippen molar-refractivity contribution in [3.8, 4) is 0 Å². The van der Waals surface area contributed by atoms with E-state index in [4.69, 9.17) is 5.21 Å². The van der Waals surface area contributed by atoms with Gasteiger partial charge in [0, 0.05) is 6.07 Å². The summed E-state index contributed by atoms with van der Waals surface area (Å²) in [6.07, 6.45) is 2.10. The number of hydrogen-bond donors (Lipinski definition) is 2. The average Bonchev–Trinajstić information content (AvgIpc) is 2.15. The molecule has 0 aromatic carbocycles. The van der Waals surface area contributed by atoms with Gasteiger partial charge in [0.2, 0.25) is 0 Å². The molecule has 2 N–H and O–H groups in total. The van der Waals surface area contributed by atoms with Crippen LogP contribution in [-0.4, -0.2) is 21.5 Å². The lowest BCUT2D eigenvalue weighted by molar-refractivity contribution is -0.385. The number of nitro groups is 1. The summed E-state index contributed by atoms with van der Waals surface area (Å²) in [7, 11) is 0. The van der Waals surface area contributed by atoms with Crippen molar-refractivity contribution in [1.29, 1.82) is 0 Å². The minimum absolute atomic E-state index is 0.101. The maximum atomic E-state index is 10.2. The molecule has 0 aliphatic carbocycles. The van der Waals surface area contributed by atoms with Crippen LogP contribution in [0.5, 0.6) is 0 Å². The molecule has 1 heterocycles. The van der Waals surface area contributed by atoms with E-state index in [0.717, 1.165) is 12.5 Å². The molecule has 0 saturated carbocycles. The molecule has 13 heavy (non-hydrogen) atoms. The first kappa shape index (κ1) is 9.07. The van der Waals surface area contributed by atoms with E-state index in [9.17, 15) is 10.1 Å². The molecule has 0 atom stereocenters. The van der Waals surface area contributed by atoms with Gasteiger partial charge in [-0.3, -0.25) is 20.8 Å². The largest absolute Gasteiger partial charge is 0.290 e. The SMILES string of the molecule is O=[N+]([O-])c1ccc(N=CNO)nc1. The molecule has 0 saturated heterocycles. The molecule has 0 bridgehead atoms. The highest BCUT2D eigenvalue weighted by Crippen LogP contribution is 2.13. The number of rotatable bonds is 3. The number of aromatic nitrogens is 1. The molecular formula is C6H6N4O3. The van der Waals surface area contributed by atoms with Crippen LogP contribution in [0.25, 0.3) is 0 Å². The summed E-state index contributed by atoms with van der Waals surface area (Å²) in [5.41, 5.74) is 1.59. The van der Waals surface area contributed by atoms with Gasteiger partial charge < -0.3 is 0 Å². The number of hydroxylamine groups is 1. The van der Waals surface area contributed by atoms with Crippen LogP contribution in [0, 0.1) is 10.1 Å². The minimum atomic E-state index is -0.551. The number of nitrogens with one attached hydrogen (secondary N) is 1. The van der Waals surface area contributed by atoms with Gasteiger partial charge in [0.1, 0.15) is 12.5 Å². The Morgan fingerprint density at radius 2 is 2.46 bits per heavy atom. The molecule has 7 heteroatoms. The fourth-order valence-electron chi connectivity index (χ4n) is 0.658. The standard InChI is InChI=1S/C6H6N4O3/c11-9-4-8-6-2-1-5(3-7-6)10(12)13/h1-4,11H,(H,7,8,9). The van der Waals surface area contributed by atoms with Crippen LogP contribution in [0.3, 0.4) is 0 Å². The Bertz CT molecular complexity index is 321. The summed E-state index contributed by atoms with van der Waals surface area (Å²) in [5.74, 6) is 0.271. The topological polar surface area (TPSA) is 101 Å². The molecule has 0 spiro atoms. The van der Waals surface area contributed by atoms with E-state index in [1.807, 2.05) is 0 Å². The van der Waals surface area contributed by atoms with Crippen molar-refractivity contribution in [2.45, 2.75) is 0 Å². The van der Waals surface area contributed by atoms with Crippen LogP contribution in [0.2, 0.25) is 0 Å². The first-order chi connectivity index (χ1) is 6.24. The van der Waals surface area contributed by atoms with Gasteiger partial charge in [-0.15, -0.1) is 0 Å². The van der Waals surface area contributed by atoms with E-state index < -0.39 is 4.92 Å². The number of nitrogens with zero attached hydrogens (tertiary/aromatic N) is 3. The van der Waals surface area contributed by atoms with Crippen LogP contribution in [0.15, 0.2) is 23.3 Å². The second-order valence-electron chi connectivity index (χ2n) is 2.02. The molecule has 0 unspecified atom stereocenters. The van der Waals surface area contributed by atoms with Gasteiger partial charge in [-0.1, -0.05) is 0 Å². The van der Waals surface area contributed by atoms with E-state index in [-0.39, 0.29) is 11.5 Å². The van der Waals surface area contributed by atoms with Crippen LogP contribution < -0.4 is 5.48 Å². The third kappa shape index (κ3) is 2.49. The van der Waals surface area contributed by atoms with Crippen molar-refractivity contribution >= 4 is 17.8 Å². The summed E-state index contributed by atoms with van der Waals surface area (Å²) < 4.78 is 0. The van der Waals surface area contributed by atoms with Gasteiger partial charge in [-0.25, -0.2) is 9.98 Å². The van der Waals surface area contributed by atoms with E-state index in [0.29, 0.717) is 0 Å². The Labute approximate surface area is 72.9 Å². The van der Waals surface area contributed by atoms with Gasteiger partial charge in [-0.05, 0) is 6.07 Å². The molecule has 0 aliphatic heterocycles. The van der Waals surface area contributed by atoms with Crippen LogP contribution in [-0.2, 0) is 0 Å². The summed E-state index contributed by atoms with van der Waals surface area (Å²) in [4.78, 5) is 16.9. The highest BCUT2D eigenvalue weighted by molar-refractivity contribution is 5.57. The lowest BCUT2D eigenvalue weighted by Gasteiger charge is -1.91. The summed E-state index contributed by atoms with van der Waals surface area (Å²) in [5, 5.41) is 18.3. The van der Waals surface area contributed by atoms with Gasteiger partial charge >= 0.3 is 0 Å². The maximum absolute atomic E-state index is 10.2. The van der Waals surface area contributed by atoms with E-state index in [2.05, 4.69) is 9.98 Å². The van der Waals surface area contributed by atoms with E-state index >= 15 is 0 Å². The first-order valence-electron chi connectivity index (χ1n) is 3.26. The summed E-state index contributed by atoms with van der Waals surface area (Å²) >= 11 is 0. The Morgan fingerprint density at radius 1 is 1.69 bits per heavy atom. The number of aliphatic imine (C=N–C) groups is 1. The third-order valence-electron chi connectivity index (χ3n) is 1.20. The normalized spacial score (nSPS) is 10.2.